The number of allylic oxidation sites excluding steroid dienone is 2. The predicted molar refractivity (Wildman–Crippen MR) is 85.6 cm³/mol. The van der Waals surface area contributed by atoms with Crippen molar-refractivity contribution >= 4 is 5.69 Å². The highest BCUT2D eigenvalue weighted by molar-refractivity contribution is 5.58. The zero-order valence-electron chi connectivity index (χ0n) is 12.3. The van der Waals surface area contributed by atoms with E-state index in [-0.39, 0.29) is 11.3 Å². The van der Waals surface area contributed by atoms with Gasteiger partial charge in [-0.15, -0.1) is 0 Å². The summed E-state index contributed by atoms with van der Waals surface area (Å²) in [5, 5.41) is 29.6. The second kappa shape index (κ2) is 7.98. The maximum Gasteiger partial charge on any atom is 0.163 e. The summed E-state index contributed by atoms with van der Waals surface area (Å²) in [6, 6.07) is 16.8. The molecule has 2 aromatic rings. The Labute approximate surface area is 134 Å². The Bertz CT molecular complexity index is 816. The minimum absolute atomic E-state index is 0.0405. The van der Waals surface area contributed by atoms with E-state index in [0.717, 1.165) is 18.4 Å². The third-order valence-corrected chi connectivity index (χ3v) is 3.23. The van der Waals surface area contributed by atoms with Gasteiger partial charge in [0.25, 0.3) is 0 Å². The van der Waals surface area contributed by atoms with Crippen LogP contribution in [-0.2, 0) is 12.8 Å². The number of hydrogen-bond donors (Lipinski definition) is 1. The van der Waals surface area contributed by atoms with Crippen LogP contribution in [0, 0.1) is 34.0 Å². The lowest BCUT2D eigenvalue weighted by atomic mass is 10.0. The second-order valence-electron chi connectivity index (χ2n) is 4.77. The van der Waals surface area contributed by atoms with Crippen LogP contribution in [0.3, 0.4) is 0 Å². The minimum atomic E-state index is -0.227. The van der Waals surface area contributed by atoms with E-state index >= 15 is 0 Å². The monoisotopic (exact) mass is 299 g/mol. The molecule has 5 nitrogen and oxygen atoms in total. The maximum atomic E-state index is 9.06. The van der Waals surface area contributed by atoms with E-state index < -0.39 is 0 Å². The standard InChI is InChI=1S/C18H13N5/c19-11-16(12-20)18(13-21)23-17-3-1-2-15(10-17)5-4-14-6-8-22-9-7-14/h1-3,6-10,23H,4-5H2. The molecule has 0 aliphatic carbocycles. The van der Waals surface area contributed by atoms with Crippen LogP contribution in [0.25, 0.3) is 0 Å². The molecule has 0 radical (unpaired) electrons. The molecule has 1 N–H and O–H groups in total. The Morgan fingerprint density at radius 3 is 2.26 bits per heavy atom. The molecule has 0 amide bonds. The molecule has 2 rings (SSSR count). The first kappa shape index (κ1) is 15.8. The number of benzene rings is 1. The van der Waals surface area contributed by atoms with Crippen LogP contribution >= 0.6 is 0 Å². The molecule has 1 aromatic carbocycles. The summed E-state index contributed by atoms with van der Waals surface area (Å²) in [5.74, 6) is 0. The summed E-state index contributed by atoms with van der Waals surface area (Å²) in [5.41, 5.74) is 2.71. The van der Waals surface area contributed by atoms with E-state index in [9.17, 15) is 0 Å². The number of nitrogens with zero attached hydrogens (tertiary/aromatic N) is 4. The molecule has 0 saturated carbocycles. The normalized spacial score (nSPS) is 9.09. The van der Waals surface area contributed by atoms with Crippen molar-refractivity contribution in [2.75, 3.05) is 5.32 Å². The maximum absolute atomic E-state index is 9.06. The molecule has 0 fully saturated rings. The number of hydrogen-bond acceptors (Lipinski definition) is 5. The first-order valence-electron chi connectivity index (χ1n) is 6.96. The van der Waals surface area contributed by atoms with Gasteiger partial charge in [0.05, 0.1) is 0 Å². The molecule has 0 saturated heterocycles. The molecule has 5 heteroatoms. The predicted octanol–water partition coefficient (Wildman–Crippen LogP) is 3.10. The van der Waals surface area contributed by atoms with Gasteiger partial charge in [0, 0.05) is 18.1 Å². The summed E-state index contributed by atoms with van der Waals surface area (Å²) in [4.78, 5) is 3.99. The lowest BCUT2D eigenvalue weighted by Crippen LogP contribution is -2.01. The van der Waals surface area contributed by atoms with Gasteiger partial charge >= 0.3 is 0 Å². The highest BCUT2D eigenvalue weighted by atomic mass is 14.9. The summed E-state index contributed by atoms with van der Waals surface area (Å²) in [6.45, 7) is 0. The molecule has 0 bridgehead atoms. The molecule has 1 heterocycles. The van der Waals surface area contributed by atoms with E-state index in [1.54, 1.807) is 30.6 Å². The van der Waals surface area contributed by atoms with Crippen molar-refractivity contribution in [3.63, 3.8) is 0 Å². The van der Waals surface area contributed by atoms with Gasteiger partial charge in [-0.05, 0) is 48.2 Å². The Balaban J connectivity index is 2.12. The van der Waals surface area contributed by atoms with Gasteiger partial charge in [-0.1, -0.05) is 12.1 Å². The van der Waals surface area contributed by atoms with Crippen molar-refractivity contribution in [1.29, 1.82) is 15.8 Å². The second-order valence-corrected chi connectivity index (χ2v) is 4.77. The third-order valence-electron chi connectivity index (χ3n) is 3.23. The SMILES string of the molecule is N#CC(C#N)=C(C#N)Nc1cccc(CCc2ccncc2)c1. The molecule has 0 aliphatic heterocycles. The molecule has 1 aromatic heterocycles. The summed E-state index contributed by atoms with van der Waals surface area (Å²) < 4.78 is 0. The average molecular weight is 299 g/mol. The van der Waals surface area contributed by atoms with Gasteiger partial charge in [-0.25, -0.2) is 0 Å². The summed E-state index contributed by atoms with van der Waals surface area (Å²) >= 11 is 0. The van der Waals surface area contributed by atoms with E-state index in [0.29, 0.717) is 5.69 Å². The van der Waals surface area contributed by atoms with Gasteiger partial charge < -0.3 is 5.32 Å². The van der Waals surface area contributed by atoms with E-state index in [2.05, 4.69) is 10.3 Å². The van der Waals surface area contributed by atoms with Crippen molar-refractivity contribution in [2.45, 2.75) is 12.8 Å². The first-order chi connectivity index (χ1) is 11.3. The summed E-state index contributed by atoms with van der Waals surface area (Å²) in [7, 11) is 0. The molecule has 0 spiro atoms. The summed E-state index contributed by atoms with van der Waals surface area (Å²) in [6.07, 6.45) is 5.26. The van der Waals surface area contributed by atoms with Crippen LogP contribution in [0.5, 0.6) is 0 Å². The number of rotatable bonds is 5. The van der Waals surface area contributed by atoms with E-state index in [1.807, 2.05) is 36.4 Å². The quantitative estimate of drug-likeness (QED) is 0.856. The number of nitriles is 3. The number of nitrogens with one attached hydrogen (secondary N) is 1. The largest absolute Gasteiger partial charge is 0.345 e. The Morgan fingerprint density at radius 2 is 1.61 bits per heavy atom. The molecular weight excluding hydrogens is 286 g/mol. The van der Waals surface area contributed by atoms with Crippen molar-refractivity contribution in [3.05, 3.63) is 71.2 Å². The molecule has 0 atom stereocenters. The molecule has 0 unspecified atom stereocenters. The molecule has 110 valence electrons. The van der Waals surface area contributed by atoms with Gasteiger partial charge in [-0.2, -0.15) is 15.8 Å². The highest BCUT2D eigenvalue weighted by Gasteiger charge is 2.06. The van der Waals surface area contributed by atoms with Crippen LogP contribution in [0.15, 0.2) is 60.1 Å². The first-order valence-corrected chi connectivity index (χ1v) is 6.96. The van der Waals surface area contributed by atoms with Crippen LogP contribution in [0.4, 0.5) is 5.69 Å². The zero-order valence-corrected chi connectivity index (χ0v) is 12.3. The fourth-order valence-corrected chi connectivity index (χ4v) is 2.07. The zero-order chi connectivity index (χ0) is 16.5. The van der Waals surface area contributed by atoms with Crippen molar-refractivity contribution < 1.29 is 0 Å². The van der Waals surface area contributed by atoms with Crippen molar-refractivity contribution in [1.82, 2.24) is 4.98 Å². The number of pyridine rings is 1. The van der Waals surface area contributed by atoms with Gasteiger partial charge in [0.1, 0.15) is 23.9 Å². The fourth-order valence-electron chi connectivity index (χ4n) is 2.07. The van der Waals surface area contributed by atoms with Crippen LogP contribution in [0.1, 0.15) is 11.1 Å². The van der Waals surface area contributed by atoms with Crippen LogP contribution in [0.2, 0.25) is 0 Å². The van der Waals surface area contributed by atoms with Crippen LogP contribution < -0.4 is 5.32 Å². The third kappa shape index (κ3) is 4.43. The number of aryl methyl sites for hydroxylation is 2. The molecular formula is C18H13N5. The lowest BCUT2D eigenvalue weighted by Gasteiger charge is -2.07. The minimum Gasteiger partial charge on any atom is -0.345 e. The van der Waals surface area contributed by atoms with Crippen molar-refractivity contribution in [3.8, 4) is 18.2 Å². The Hall–Kier alpha value is -3.62. The smallest absolute Gasteiger partial charge is 0.163 e. The highest BCUT2D eigenvalue weighted by Crippen LogP contribution is 2.16. The van der Waals surface area contributed by atoms with E-state index in [4.69, 9.17) is 15.8 Å². The molecule has 23 heavy (non-hydrogen) atoms. The van der Waals surface area contributed by atoms with Gasteiger partial charge in [0.15, 0.2) is 5.57 Å². The van der Waals surface area contributed by atoms with Gasteiger partial charge in [0.2, 0.25) is 0 Å². The Morgan fingerprint density at radius 1 is 0.913 bits per heavy atom. The fraction of sp³-hybridized carbons (Fsp3) is 0.111. The lowest BCUT2D eigenvalue weighted by molar-refractivity contribution is 0.955. The van der Waals surface area contributed by atoms with Crippen LogP contribution in [-0.4, -0.2) is 4.98 Å². The van der Waals surface area contributed by atoms with Crippen molar-refractivity contribution in [2.24, 2.45) is 0 Å². The topological polar surface area (TPSA) is 96.3 Å². The number of anilines is 1. The molecule has 0 aliphatic rings. The number of aromatic nitrogens is 1. The van der Waals surface area contributed by atoms with E-state index in [1.165, 1.54) is 5.56 Å². The Kier molecular flexibility index (Phi) is 5.47. The van der Waals surface area contributed by atoms with Gasteiger partial charge in [-0.3, -0.25) is 4.98 Å². The average Bonchev–Trinajstić information content (AvgIpc) is 2.61.